The third kappa shape index (κ3) is 4.56. The summed E-state index contributed by atoms with van der Waals surface area (Å²) in [6, 6.07) is 12.8. The summed E-state index contributed by atoms with van der Waals surface area (Å²) in [5.74, 6) is -1.84. The first-order valence-electron chi connectivity index (χ1n) is 10.7. The third-order valence-corrected chi connectivity index (χ3v) is 6.88. The van der Waals surface area contributed by atoms with Gasteiger partial charge in [-0.3, -0.25) is 24.2 Å². The Kier molecular flexibility index (Phi) is 6.90. The van der Waals surface area contributed by atoms with Crippen LogP contribution in [0, 0.1) is 5.82 Å². The van der Waals surface area contributed by atoms with Crippen molar-refractivity contribution in [2.75, 3.05) is 23.3 Å². The van der Waals surface area contributed by atoms with Gasteiger partial charge >= 0.3 is 0 Å². The smallest absolute Gasteiger partial charge is 0.267 e. The summed E-state index contributed by atoms with van der Waals surface area (Å²) in [5, 5.41) is 2.50. The van der Waals surface area contributed by atoms with E-state index in [1.165, 1.54) is 23.1 Å². The molecule has 2 aliphatic rings. The van der Waals surface area contributed by atoms with Crippen molar-refractivity contribution >= 4 is 63.0 Å². The average molecular weight is 484 g/mol. The number of nitrogens with one attached hydrogen (secondary N) is 1. The first-order valence-corrected chi connectivity index (χ1v) is 11.9. The number of halogens is 1. The largest absolute Gasteiger partial charge is 0.322 e. The number of hydrogen-bond donors (Lipinski definition) is 1. The highest BCUT2D eigenvalue weighted by atomic mass is 32.2. The van der Waals surface area contributed by atoms with Crippen LogP contribution in [0.4, 0.5) is 15.8 Å². The number of hydrogen-bond acceptors (Lipinski definition) is 5. The number of rotatable bonds is 7. The zero-order chi connectivity index (χ0) is 23.5. The summed E-state index contributed by atoms with van der Waals surface area (Å²) in [6.07, 6.45) is 2.83. The number of nitrogens with zero attached hydrogens (tertiary/aromatic N) is 2. The van der Waals surface area contributed by atoms with Crippen molar-refractivity contribution in [2.24, 2.45) is 0 Å². The SMILES string of the molecule is CCCCCN1C(=O)C(=C2C(=O)N(CC(=O)Nc3ccccc3F)c3ccccc32)SC1=S. The quantitative estimate of drug-likeness (QED) is 0.355. The predicted octanol–water partition coefficient (Wildman–Crippen LogP) is 4.57. The van der Waals surface area contributed by atoms with E-state index in [1.54, 1.807) is 35.2 Å². The van der Waals surface area contributed by atoms with Gasteiger partial charge in [0.2, 0.25) is 5.91 Å². The number of carbonyl (C=O) groups is 3. The molecular weight excluding hydrogens is 461 g/mol. The standard InChI is InChI=1S/C24H22FN3O3S2/c1-2-3-8-13-27-23(31)21(33-24(27)32)20-15-9-4-7-12-18(15)28(22(20)30)14-19(29)26-17-11-6-5-10-16(17)25/h4-7,9-12H,2-3,8,13-14H2,1H3,(H,26,29). The topological polar surface area (TPSA) is 69.7 Å². The van der Waals surface area contributed by atoms with Gasteiger partial charge in [-0.25, -0.2) is 4.39 Å². The Labute approximate surface area is 200 Å². The first kappa shape index (κ1) is 23.1. The summed E-state index contributed by atoms with van der Waals surface area (Å²) in [4.78, 5) is 42.3. The average Bonchev–Trinajstić information content (AvgIpc) is 3.23. The number of carbonyl (C=O) groups excluding carboxylic acids is 3. The van der Waals surface area contributed by atoms with E-state index < -0.39 is 17.6 Å². The van der Waals surface area contributed by atoms with Crippen molar-refractivity contribution < 1.29 is 18.8 Å². The number of anilines is 2. The van der Waals surface area contributed by atoms with E-state index in [-0.39, 0.29) is 28.6 Å². The fourth-order valence-corrected chi connectivity index (χ4v) is 5.19. The normalized spacial score (nSPS) is 17.7. The van der Waals surface area contributed by atoms with Crippen LogP contribution in [0.3, 0.4) is 0 Å². The van der Waals surface area contributed by atoms with Crippen LogP contribution in [0.2, 0.25) is 0 Å². The number of unbranched alkanes of at least 4 members (excludes halogenated alkanes) is 2. The fourth-order valence-electron chi connectivity index (χ4n) is 3.81. The summed E-state index contributed by atoms with van der Waals surface area (Å²) >= 11 is 6.53. The lowest BCUT2D eigenvalue weighted by atomic mass is 10.1. The van der Waals surface area contributed by atoms with Crippen LogP contribution < -0.4 is 10.2 Å². The molecule has 2 aromatic carbocycles. The molecule has 33 heavy (non-hydrogen) atoms. The second-order valence-corrected chi connectivity index (χ2v) is 9.32. The fraction of sp³-hybridized carbons (Fsp3) is 0.250. The zero-order valence-corrected chi connectivity index (χ0v) is 19.6. The van der Waals surface area contributed by atoms with Crippen LogP contribution in [0.25, 0.3) is 5.57 Å². The monoisotopic (exact) mass is 483 g/mol. The Morgan fingerprint density at radius 2 is 1.76 bits per heavy atom. The molecule has 0 bridgehead atoms. The lowest BCUT2D eigenvalue weighted by Crippen LogP contribution is -2.35. The van der Waals surface area contributed by atoms with Crippen LogP contribution in [0.5, 0.6) is 0 Å². The maximum Gasteiger partial charge on any atom is 0.267 e. The lowest BCUT2D eigenvalue weighted by Gasteiger charge is -2.17. The molecule has 0 spiro atoms. The molecule has 0 saturated carbocycles. The van der Waals surface area contributed by atoms with Crippen molar-refractivity contribution in [3.63, 3.8) is 0 Å². The Bertz CT molecular complexity index is 1180. The molecule has 9 heteroatoms. The number of benzene rings is 2. The molecule has 3 amide bonds. The van der Waals surface area contributed by atoms with Gasteiger partial charge in [0.25, 0.3) is 11.8 Å². The van der Waals surface area contributed by atoms with Crippen LogP contribution in [0.1, 0.15) is 31.7 Å². The molecule has 2 heterocycles. The van der Waals surface area contributed by atoms with E-state index in [1.807, 2.05) is 0 Å². The molecule has 1 N–H and O–H groups in total. The molecule has 0 radical (unpaired) electrons. The minimum Gasteiger partial charge on any atom is -0.322 e. The highest BCUT2D eigenvalue weighted by Gasteiger charge is 2.42. The van der Waals surface area contributed by atoms with Gasteiger partial charge in [0.1, 0.15) is 16.7 Å². The zero-order valence-electron chi connectivity index (χ0n) is 18.0. The number of amides is 3. The second-order valence-electron chi connectivity index (χ2n) is 7.67. The summed E-state index contributed by atoms with van der Waals surface area (Å²) in [5.41, 5.74) is 1.39. The molecule has 4 rings (SSSR count). The highest BCUT2D eigenvalue weighted by Crippen LogP contribution is 2.44. The molecule has 2 aromatic rings. The Morgan fingerprint density at radius 3 is 2.52 bits per heavy atom. The van der Waals surface area contributed by atoms with Crippen molar-refractivity contribution in [3.8, 4) is 0 Å². The molecule has 0 unspecified atom stereocenters. The van der Waals surface area contributed by atoms with Crippen molar-refractivity contribution in [3.05, 3.63) is 64.8 Å². The molecule has 0 aromatic heterocycles. The van der Waals surface area contributed by atoms with Gasteiger partial charge in [0, 0.05) is 12.1 Å². The Balaban J connectivity index is 1.61. The number of thiocarbonyl (C=S) groups is 1. The minimum absolute atomic E-state index is 0.0376. The van der Waals surface area contributed by atoms with Gasteiger partial charge < -0.3 is 5.32 Å². The molecule has 6 nitrogen and oxygen atoms in total. The Morgan fingerprint density at radius 1 is 1.03 bits per heavy atom. The lowest BCUT2D eigenvalue weighted by molar-refractivity contribution is -0.122. The number of para-hydroxylation sites is 2. The van der Waals surface area contributed by atoms with E-state index in [9.17, 15) is 18.8 Å². The summed E-state index contributed by atoms with van der Waals surface area (Å²) < 4.78 is 14.3. The molecule has 170 valence electrons. The van der Waals surface area contributed by atoms with E-state index in [0.717, 1.165) is 31.0 Å². The van der Waals surface area contributed by atoms with Crippen molar-refractivity contribution in [2.45, 2.75) is 26.2 Å². The molecule has 0 atom stereocenters. The second kappa shape index (κ2) is 9.84. The molecule has 0 aliphatic carbocycles. The van der Waals surface area contributed by atoms with Gasteiger partial charge in [-0.2, -0.15) is 0 Å². The molecule has 1 saturated heterocycles. The van der Waals surface area contributed by atoms with Gasteiger partial charge in [-0.15, -0.1) is 0 Å². The van der Waals surface area contributed by atoms with E-state index in [0.29, 0.717) is 22.1 Å². The van der Waals surface area contributed by atoms with Crippen LogP contribution in [-0.4, -0.2) is 40.0 Å². The van der Waals surface area contributed by atoms with Crippen molar-refractivity contribution in [1.82, 2.24) is 4.90 Å². The van der Waals surface area contributed by atoms with Gasteiger partial charge in [-0.05, 0) is 24.6 Å². The first-order chi connectivity index (χ1) is 15.9. The van der Waals surface area contributed by atoms with E-state index in [4.69, 9.17) is 12.2 Å². The van der Waals surface area contributed by atoms with Gasteiger partial charge in [0.05, 0.1) is 21.9 Å². The van der Waals surface area contributed by atoms with Gasteiger partial charge in [-0.1, -0.05) is 74.1 Å². The highest BCUT2D eigenvalue weighted by molar-refractivity contribution is 8.26. The van der Waals surface area contributed by atoms with E-state index in [2.05, 4.69) is 12.2 Å². The van der Waals surface area contributed by atoms with Crippen LogP contribution in [0.15, 0.2) is 53.4 Å². The number of thioether (sulfide) groups is 1. The summed E-state index contributed by atoms with van der Waals surface area (Å²) in [7, 11) is 0. The Hall–Kier alpha value is -3.04. The third-order valence-electron chi connectivity index (χ3n) is 5.43. The van der Waals surface area contributed by atoms with E-state index >= 15 is 0 Å². The molecular formula is C24H22FN3O3S2. The molecule has 2 aliphatic heterocycles. The predicted molar refractivity (Wildman–Crippen MR) is 132 cm³/mol. The van der Waals surface area contributed by atoms with Crippen LogP contribution in [-0.2, 0) is 14.4 Å². The van der Waals surface area contributed by atoms with Crippen LogP contribution >= 0.6 is 24.0 Å². The summed E-state index contributed by atoms with van der Waals surface area (Å²) in [6.45, 7) is 2.28. The molecule has 1 fully saturated rings. The van der Waals surface area contributed by atoms with Gasteiger partial charge in [0.15, 0.2) is 0 Å². The number of fused-ring (bicyclic) bond motifs is 1. The minimum atomic E-state index is -0.563. The van der Waals surface area contributed by atoms with Crippen molar-refractivity contribution in [1.29, 1.82) is 0 Å². The maximum atomic E-state index is 13.9. The maximum absolute atomic E-state index is 13.9.